The lowest BCUT2D eigenvalue weighted by Crippen LogP contribution is -2.62. The Morgan fingerprint density at radius 1 is 0.902 bits per heavy atom. The van der Waals surface area contributed by atoms with Crippen molar-refractivity contribution >= 4 is 17.9 Å². The van der Waals surface area contributed by atoms with Crippen LogP contribution in [0.3, 0.4) is 0 Å². The fourth-order valence-electron chi connectivity index (χ4n) is 9.55. The Morgan fingerprint density at radius 3 is 2.07 bits per heavy atom. The summed E-state index contributed by atoms with van der Waals surface area (Å²) in [5, 5.41) is 22.9. The Kier molecular flexibility index (Phi) is 9.08. The molecular weight excluding hydrogens is 524 g/mol. The monoisotopic (exact) mass is 576 g/mol. The Bertz CT molecular complexity index is 1050. The molecule has 2 N–H and O–H groups in total. The van der Waals surface area contributed by atoms with Gasteiger partial charge in [-0.25, -0.2) is 0 Å². The number of ether oxygens (including phenoxy) is 3. The van der Waals surface area contributed by atoms with Crippen LogP contribution in [0.15, 0.2) is 11.6 Å². The van der Waals surface area contributed by atoms with Gasteiger partial charge in [-0.15, -0.1) is 0 Å². The minimum Gasteiger partial charge on any atom is -0.459 e. The highest BCUT2D eigenvalue weighted by molar-refractivity contribution is 5.68. The molecule has 11 atom stereocenters. The van der Waals surface area contributed by atoms with Crippen molar-refractivity contribution in [2.75, 3.05) is 0 Å². The van der Waals surface area contributed by atoms with Crippen LogP contribution in [0.25, 0.3) is 0 Å². The van der Waals surface area contributed by atoms with Crippen LogP contribution in [-0.4, -0.2) is 58.1 Å². The summed E-state index contributed by atoms with van der Waals surface area (Å²) in [6.45, 7) is 14.7. The molecule has 0 aromatic heterocycles. The SMILES string of the molecule is CC(=O)O[C@@H]1[C@@H]2[C@H](OC(C)=O)C=C3[C@H](CC[C@]4(C)[C@@H]([C@@](C)(O)[C@H](O)CCC(C)C)CC[C@@H]34)[C@@]2(C)CC[C@@H]1OC(C)=O. The van der Waals surface area contributed by atoms with E-state index in [9.17, 15) is 24.6 Å². The molecule has 3 fully saturated rings. The molecule has 4 aliphatic rings. The molecule has 0 heterocycles. The summed E-state index contributed by atoms with van der Waals surface area (Å²) in [5.41, 5.74) is -0.491. The number of fused-ring (bicyclic) bond motifs is 5. The van der Waals surface area contributed by atoms with Crippen molar-refractivity contribution in [3.63, 3.8) is 0 Å². The van der Waals surface area contributed by atoms with Crippen molar-refractivity contribution in [2.45, 2.75) is 137 Å². The van der Waals surface area contributed by atoms with Gasteiger partial charge in [0.15, 0.2) is 0 Å². The van der Waals surface area contributed by atoms with Gasteiger partial charge < -0.3 is 24.4 Å². The molecule has 0 bridgehead atoms. The summed E-state index contributed by atoms with van der Waals surface area (Å²) < 4.78 is 17.5. The molecule has 41 heavy (non-hydrogen) atoms. The predicted octanol–water partition coefficient (Wildman–Crippen LogP) is 5.13. The summed E-state index contributed by atoms with van der Waals surface area (Å²) in [5.74, 6) is -0.898. The fourth-order valence-corrected chi connectivity index (χ4v) is 9.55. The summed E-state index contributed by atoms with van der Waals surface area (Å²) in [4.78, 5) is 36.6. The van der Waals surface area contributed by atoms with E-state index in [4.69, 9.17) is 14.2 Å². The zero-order chi connectivity index (χ0) is 30.5. The molecule has 0 aromatic rings. The standard InChI is InChI=1S/C33H52O8/c1-18(2)9-12-28(37)33(8,38)27-11-10-23-22-17-26(40-20(4)35)29-30(41-21(5)36)25(39-19(3)34)14-16-32(29,7)24(22)13-15-31(23,27)6/h17-18,23-30,37-38H,9-16H2,1-8H3/t23-,24-,25-,26+,27-,28+,29-,30-,31-,32+,33+/m0/s1. The third-order valence-electron chi connectivity index (χ3n) is 11.4. The van der Waals surface area contributed by atoms with Gasteiger partial charge in [0.25, 0.3) is 0 Å². The van der Waals surface area contributed by atoms with Crippen molar-refractivity contribution in [3.8, 4) is 0 Å². The third-order valence-corrected chi connectivity index (χ3v) is 11.4. The summed E-state index contributed by atoms with van der Waals surface area (Å²) in [6, 6.07) is 0. The molecule has 0 aromatic carbocycles. The second-order valence-corrected chi connectivity index (χ2v) is 14.5. The molecule has 0 spiro atoms. The van der Waals surface area contributed by atoms with Crippen LogP contribution in [0.5, 0.6) is 0 Å². The van der Waals surface area contributed by atoms with Crippen molar-refractivity contribution in [2.24, 2.45) is 40.4 Å². The zero-order valence-corrected chi connectivity index (χ0v) is 26.3. The molecule has 0 unspecified atom stereocenters. The van der Waals surface area contributed by atoms with Gasteiger partial charge in [-0.2, -0.15) is 0 Å². The van der Waals surface area contributed by atoms with Gasteiger partial charge in [-0.3, -0.25) is 14.4 Å². The Hall–Kier alpha value is -1.93. The summed E-state index contributed by atoms with van der Waals surface area (Å²) in [7, 11) is 0. The smallest absolute Gasteiger partial charge is 0.303 e. The highest BCUT2D eigenvalue weighted by Gasteiger charge is 2.65. The van der Waals surface area contributed by atoms with E-state index in [2.05, 4.69) is 33.8 Å². The molecule has 4 aliphatic carbocycles. The lowest BCUT2D eigenvalue weighted by Gasteiger charge is -2.60. The Morgan fingerprint density at radius 2 is 1.49 bits per heavy atom. The van der Waals surface area contributed by atoms with Gasteiger partial charge in [0.2, 0.25) is 0 Å². The maximum atomic E-state index is 12.4. The highest BCUT2D eigenvalue weighted by Crippen LogP contribution is 2.68. The number of hydrogen-bond acceptors (Lipinski definition) is 8. The van der Waals surface area contributed by atoms with Crippen LogP contribution < -0.4 is 0 Å². The average molecular weight is 577 g/mol. The minimum atomic E-state index is -1.20. The van der Waals surface area contributed by atoms with Gasteiger partial charge in [-0.05, 0) is 98.9 Å². The van der Waals surface area contributed by atoms with Crippen LogP contribution in [-0.2, 0) is 28.6 Å². The van der Waals surface area contributed by atoms with E-state index in [0.29, 0.717) is 18.8 Å². The van der Waals surface area contributed by atoms with Crippen molar-refractivity contribution in [3.05, 3.63) is 11.6 Å². The quantitative estimate of drug-likeness (QED) is 0.232. The van der Waals surface area contributed by atoms with E-state index in [1.54, 1.807) is 0 Å². The largest absolute Gasteiger partial charge is 0.459 e. The molecule has 0 radical (unpaired) electrons. The number of hydrogen-bond donors (Lipinski definition) is 2. The zero-order valence-electron chi connectivity index (χ0n) is 26.3. The molecule has 0 saturated heterocycles. The van der Waals surface area contributed by atoms with Crippen LogP contribution >= 0.6 is 0 Å². The van der Waals surface area contributed by atoms with Gasteiger partial charge in [0.1, 0.15) is 18.3 Å². The molecule has 8 heteroatoms. The lowest BCUT2D eigenvalue weighted by atomic mass is 9.46. The van der Waals surface area contributed by atoms with Crippen LogP contribution in [0.4, 0.5) is 0 Å². The fraction of sp³-hybridized carbons (Fsp3) is 0.848. The van der Waals surface area contributed by atoms with E-state index in [1.165, 1.54) is 26.3 Å². The molecule has 8 nitrogen and oxygen atoms in total. The van der Waals surface area contributed by atoms with Crippen molar-refractivity contribution in [1.29, 1.82) is 0 Å². The number of aliphatic hydroxyl groups excluding tert-OH is 1. The first-order valence-corrected chi connectivity index (χ1v) is 15.7. The number of carbonyl (C=O) groups is 3. The van der Waals surface area contributed by atoms with E-state index in [0.717, 1.165) is 38.5 Å². The van der Waals surface area contributed by atoms with Gasteiger partial charge in [0.05, 0.1) is 11.7 Å². The Balaban J connectivity index is 1.72. The normalized spacial score (nSPS) is 40.3. The molecule has 232 valence electrons. The van der Waals surface area contributed by atoms with Crippen molar-refractivity contribution in [1.82, 2.24) is 0 Å². The summed E-state index contributed by atoms with van der Waals surface area (Å²) >= 11 is 0. The molecular formula is C33H52O8. The minimum absolute atomic E-state index is 0.0600. The second kappa shape index (κ2) is 11.6. The van der Waals surface area contributed by atoms with Gasteiger partial charge >= 0.3 is 17.9 Å². The van der Waals surface area contributed by atoms with E-state index >= 15 is 0 Å². The summed E-state index contributed by atoms with van der Waals surface area (Å²) in [6.07, 6.45) is 5.59. The first kappa shape index (κ1) is 32.0. The van der Waals surface area contributed by atoms with Crippen molar-refractivity contribution < 1.29 is 38.8 Å². The molecule has 4 rings (SSSR count). The van der Waals surface area contributed by atoms with Crippen LogP contribution in [0.2, 0.25) is 0 Å². The molecule has 0 aliphatic heterocycles. The maximum Gasteiger partial charge on any atom is 0.303 e. The average Bonchev–Trinajstić information content (AvgIpc) is 3.21. The first-order valence-electron chi connectivity index (χ1n) is 15.7. The number of esters is 3. The second-order valence-electron chi connectivity index (χ2n) is 14.5. The third kappa shape index (κ3) is 5.84. The van der Waals surface area contributed by atoms with E-state index in [1.807, 2.05) is 6.92 Å². The van der Waals surface area contributed by atoms with E-state index < -0.39 is 47.9 Å². The lowest BCUT2D eigenvalue weighted by molar-refractivity contribution is -0.205. The number of carbonyl (C=O) groups excluding carboxylic acids is 3. The maximum absolute atomic E-state index is 12.4. The topological polar surface area (TPSA) is 119 Å². The van der Waals surface area contributed by atoms with Gasteiger partial charge in [0, 0.05) is 26.7 Å². The molecule has 3 saturated carbocycles. The molecule has 0 amide bonds. The number of allylic oxidation sites excluding steroid dienone is 1. The van der Waals surface area contributed by atoms with Gasteiger partial charge in [-0.1, -0.05) is 33.3 Å². The van der Waals surface area contributed by atoms with Crippen LogP contribution in [0.1, 0.15) is 107 Å². The van der Waals surface area contributed by atoms with Crippen LogP contribution in [0, 0.1) is 40.4 Å². The predicted molar refractivity (Wildman–Crippen MR) is 153 cm³/mol. The Labute approximate surface area is 245 Å². The first-order chi connectivity index (χ1) is 19.0. The number of rotatable bonds is 8. The van der Waals surface area contributed by atoms with E-state index in [-0.39, 0.29) is 34.5 Å². The highest BCUT2D eigenvalue weighted by atomic mass is 16.6. The number of aliphatic hydroxyl groups is 2.